The molecule has 3 rings (SSSR count). The summed E-state index contributed by atoms with van der Waals surface area (Å²) in [6.07, 6.45) is 0.744. The van der Waals surface area contributed by atoms with Crippen LogP contribution in [0.5, 0.6) is 5.88 Å². The lowest BCUT2D eigenvalue weighted by molar-refractivity contribution is -0.129. The van der Waals surface area contributed by atoms with Crippen LogP contribution in [-0.4, -0.2) is 33.7 Å². The highest BCUT2D eigenvalue weighted by Gasteiger charge is 2.18. The standard InChI is InChI=1S/C21H21N3O4/c1-24-17(12-15-8-4-3-5-9-15)13-19(22-24)28-14-16-10-6-7-11-18(16)20(21(25)26)23-27-2/h3-11,13H,12,14H2,1-2H3,(H,25,26)/b23-20+. The molecule has 0 radical (unpaired) electrons. The van der Waals surface area contributed by atoms with Crippen LogP contribution in [0.25, 0.3) is 0 Å². The van der Waals surface area contributed by atoms with E-state index in [1.54, 1.807) is 22.9 Å². The van der Waals surface area contributed by atoms with Gasteiger partial charge in [-0.15, -0.1) is 5.10 Å². The third-order valence-electron chi connectivity index (χ3n) is 4.22. The second-order valence-corrected chi connectivity index (χ2v) is 6.13. The van der Waals surface area contributed by atoms with Crippen molar-refractivity contribution >= 4 is 11.7 Å². The van der Waals surface area contributed by atoms with Crippen molar-refractivity contribution in [1.82, 2.24) is 9.78 Å². The molecule has 0 aliphatic carbocycles. The summed E-state index contributed by atoms with van der Waals surface area (Å²) in [5, 5.41) is 17.4. The van der Waals surface area contributed by atoms with E-state index in [0.29, 0.717) is 17.0 Å². The Kier molecular flexibility index (Phi) is 6.06. The van der Waals surface area contributed by atoms with E-state index in [9.17, 15) is 9.90 Å². The first-order valence-electron chi connectivity index (χ1n) is 8.71. The smallest absolute Gasteiger partial charge is 0.358 e. The van der Waals surface area contributed by atoms with Crippen molar-refractivity contribution in [3.63, 3.8) is 0 Å². The Labute approximate surface area is 162 Å². The zero-order valence-corrected chi connectivity index (χ0v) is 15.7. The molecule has 0 saturated carbocycles. The van der Waals surface area contributed by atoms with Gasteiger partial charge in [0.05, 0.1) is 0 Å². The number of carbonyl (C=O) groups is 1. The van der Waals surface area contributed by atoms with Crippen molar-refractivity contribution in [3.8, 4) is 5.88 Å². The number of aryl methyl sites for hydroxylation is 1. The average Bonchev–Trinajstić information content (AvgIpc) is 3.05. The summed E-state index contributed by atoms with van der Waals surface area (Å²) in [6.45, 7) is 0.161. The molecule has 0 amide bonds. The Bertz CT molecular complexity index is 980. The largest absolute Gasteiger partial charge is 0.476 e. The molecule has 0 spiro atoms. The van der Waals surface area contributed by atoms with Gasteiger partial charge in [0.15, 0.2) is 5.71 Å². The number of rotatable bonds is 8. The van der Waals surface area contributed by atoms with Crippen molar-refractivity contribution in [3.05, 3.63) is 83.0 Å². The van der Waals surface area contributed by atoms with Crippen molar-refractivity contribution in [2.24, 2.45) is 12.2 Å². The van der Waals surface area contributed by atoms with Crippen LogP contribution < -0.4 is 4.74 Å². The summed E-state index contributed by atoms with van der Waals surface area (Å²) in [5.41, 5.74) is 3.15. The van der Waals surface area contributed by atoms with Gasteiger partial charge in [-0.3, -0.25) is 4.68 Å². The van der Waals surface area contributed by atoms with Gasteiger partial charge in [0.1, 0.15) is 13.7 Å². The van der Waals surface area contributed by atoms with E-state index in [-0.39, 0.29) is 12.3 Å². The molecule has 0 aliphatic heterocycles. The fourth-order valence-corrected chi connectivity index (χ4v) is 2.84. The van der Waals surface area contributed by atoms with E-state index in [1.807, 2.05) is 37.4 Å². The molecule has 0 bridgehead atoms. The number of carboxylic acid groups (broad SMARTS) is 1. The van der Waals surface area contributed by atoms with Crippen LogP contribution in [0.1, 0.15) is 22.4 Å². The van der Waals surface area contributed by atoms with E-state index >= 15 is 0 Å². The predicted octanol–water partition coefficient (Wildman–Crippen LogP) is 3.03. The molecule has 0 aliphatic rings. The van der Waals surface area contributed by atoms with E-state index in [4.69, 9.17) is 4.74 Å². The van der Waals surface area contributed by atoms with Crippen molar-refractivity contribution < 1.29 is 19.5 Å². The fraction of sp³-hybridized carbons (Fsp3) is 0.190. The van der Waals surface area contributed by atoms with Gasteiger partial charge in [-0.05, 0) is 11.1 Å². The molecule has 0 unspecified atom stereocenters. The van der Waals surface area contributed by atoms with Gasteiger partial charge in [0.2, 0.25) is 5.88 Å². The maximum absolute atomic E-state index is 11.5. The second-order valence-electron chi connectivity index (χ2n) is 6.13. The molecule has 0 atom stereocenters. The molecule has 1 heterocycles. The van der Waals surface area contributed by atoms with Crippen LogP contribution in [0.2, 0.25) is 0 Å². The molecule has 7 heteroatoms. The highest BCUT2D eigenvalue weighted by molar-refractivity contribution is 6.42. The first-order valence-corrected chi connectivity index (χ1v) is 8.71. The van der Waals surface area contributed by atoms with Crippen LogP contribution in [0.4, 0.5) is 0 Å². The average molecular weight is 379 g/mol. The first kappa shape index (κ1) is 19.2. The van der Waals surface area contributed by atoms with E-state index < -0.39 is 5.97 Å². The Hall–Kier alpha value is -3.61. The molecule has 0 fully saturated rings. The molecule has 2 aromatic carbocycles. The summed E-state index contributed by atoms with van der Waals surface area (Å²) in [5.74, 6) is -0.693. The Balaban J connectivity index is 1.76. The maximum atomic E-state index is 11.5. The third kappa shape index (κ3) is 4.56. The van der Waals surface area contributed by atoms with Gasteiger partial charge in [-0.1, -0.05) is 59.8 Å². The third-order valence-corrected chi connectivity index (χ3v) is 4.22. The van der Waals surface area contributed by atoms with E-state index in [0.717, 1.165) is 12.1 Å². The summed E-state index contributed by atoms with van der Waals surface area (Å²) in [6, 6.07) is 19.0. The molecule has 0 saturated heterocycles. The summed E-state index contributed by atoms with van der Waals surface area (Å²) in [7, 11) is 3.18. The molecule has 7 nitrogen and oxygen atoms in total. The minimum atomic E-state index is -1.17. The van der Waals surface area contributed by atoms with Gasteiger partial charge in [-0.25, -0.2) is 4.79 Å². The van der Waals surface area contributed by atoms with Crippen molar-refractivity contribution in [2.45, 2.75) is 13.0 Å². The lowest BCUT2D eigenvalue weighted by Gasteiger charge is -2.09. The van der Waals surface area contributed by atoms with Gasteiger partial charge in [0, 0.05) is 30.8 Å². The SMILES string of the molecule is CO/N=C(/C(=O)O)c1ccccc1COc1cc(Cc2ccccc2)n(C)n1. The number of carboxylic acids is 1. The highest BCUT2D eigenvalue weighted by atomic mass is 16.6. The normalized spacial score (nSPS) is 11.3. The van der Waals surface area contributed by atoms with Gasteiger partial charge in [0.25, 0.3) is 0 Å². The number of aliphatic carboxylic acids is 1. The minimum Gasteiger partial charge on any atom is -0.476 e. The van der Waals surface area contributed by atoms with Crippen LogP contribution in [0.15, 0.2) is 65.8 Å². The number of aromatic nitrogens is 2. The Morgan fingerprint density at radius 1 is 1.14 bits per heavy atom. The lowest BCUT2D eigenvalue weighted by atomic mass is 10.0. The number of hydrogen-bond donors (Lipinski definition) is 1. The molecular formula is C21H21N3O4. The number of benzene rings is 2. The highest BCUT2D eigenvalue weighted by Crippen LogP contribution is 2.18. The van der Waals surface area contributed by atoms with Gasteiger partial charge >= 0.3 is 5.97 Å². The van der Waals surface area contributed by atoms with Gasteiger partial charge in [-0.2, -0.15) is 0 Å². The lowest BCUT2D eigenvalue weighted by Crippen LogP contribution is -2.17. The Morgan fingerprint density at radius 3 is 2.57 bits per heavy atom. The number of ether oxygens (including phenoxy) is 1. The monoisotopic (exact) mass is 379 g/mol. The maximum Gasteiger partial charge on any atom is 0.358 e. The number of hydrogen-bond acceptors (Lipinski definition) is 5. The molecule has 1 N–H and O–H groups in total. The molecule has 1 aromatic heterocycles. The first-order chi connectivity index (χ1) is 13.6. The van der Waals surface area contributed by atoms with Gasteiger partial charge < -0.3 is 14.7 Å². The molecule has 28 heavy (non-hydrogen) atoms. The summed E-state index contributed by atoms with van der Waals surface area (Å²) >= 11 is 0. The topological polar surface area (TPSA) is 85.9 Å². The second kappa shape index (κ2) is 8.85. The fourth-order valence-electron chi connectivity index (χ4n) is 2.84. The summed E-state index contributed by atoms with van der Waals surface area (Å²) in [4.78, 5) is 16.1. The van der Waals surface area contributed by atoms with Crippen LogP contribution in [-0.2, 0) is 29.7 Å². The minimum absolute atomic E-state index is 0.161. The van der Waals surface area contributed by atoms with Crippen molar-refractivity contribution in [2.75, 3.05) is 7.11 Å². The number of nitrogens with zero attached hydrogens (tertiary/aromatic N) is 3. The molecule has 144 valence electrons. The van der Waals surface area contributed by atoms with Crippen molar-refractivity contribution in [1.29, 1.82) is 0 Å². The van der Waals surface area contributed by atoms with E-state index in [1.165, 1.54) is 12.7 Å². The zero-order chi connectivity index (χ0) is 19.9. The zero-order valence-electron chi connectivity index (χ0n) is 15.7. The van der Waals surface area contributed by atoms with Crippen LogP contribution in [0.3, 0.4) is 0 Å². The number of oxime groups is 1. The Morgan fingerprint density at radius 2 is 1.86 bits per heavy atom. The summed E-state index contributed by atoms with van der Waals surface area (Å²) < 4.78 is 7.60. The van der Waals surface area contributed by atoms with Crippen LogP contribution in [0, 0.1) is 0 Å². The van der Waals surface area contributed by atoms with Crippen LogP contribution >= 0.6 is 0 Å². The molecule has 3 aromatic rings. The molecular weight excluding hydrogens is 358 g/mol. The predicted molar refractivity (Wildman–Crippen MR) is 104 cm³/mol. The van der Waals surface area contributed by atoms with E-state index in [2.05, 4.69) is 27.2 Å². The quantitative estimate of drug-likeness (QED) is 0.480.